The average Bonchev–Trinajstić information content (AvgIpc) is 2.66. The first kappa shape index (κ1) is 18.5. The lowest BCUT2D eigenvalue weighted by Gasteiger charge is -2.23. The zero-order chi connectivity index (χ0) is 18.4. The lowest BCUT2D eigenvalue weighted by atomic mass is 9.78. The molecule has 0 aliphatic heterocycles. The number of Topliss-reactive ketones (excluding diaryl/α,β-unsaturated/α-hetero) is 2. The van der Waals surface area contributed by atoms with Crippen LogP contribution in [0, 0.1) is 11.7 Å². The number of carbonyl (C=O) groups is 3. The van der Waals surface area contributed by atoms with Crippen LogP contribution in [0.1, 0.15) is 35.2 Å². The van der Waals surface area contributed by atoms with Crippen LogP contribution in [0.2, 0.25) is 0 Å². The monoisotopic (exact) mass is 342 g/mol. The van der Waals surface area contributed by atoms with Gasteiger partial charge in [-0.1, -0.05) is 49.4 Å². The van der Waals surface area contributed by atoms with Gasteiger partial charge in [-0.3, -0.25) is 14.4 Å². The van der Waals surface area contributed by atoms with Crippen molar-refractivity contribution >= 4 is 17.5 Å². The van der Waals surface area contributed by atoms with Crippen molar-refractivity contribution in [2.24, 2.45) is 5.92 Å². The van der Waals surface area contributed by atoms with E-state index >= 15 is 0 Å². The molecule has 2 unspecified atom stereocenters. The van der Waals surface area contributed by atoms with Crippen LogP contribution in [0.25, 0.3) is 0 Å². The van der Waals surface area contributed by atoms with E-state index in [0.29, 0.717) is 11.1 Å². The average molecular weight is 342 g/mol. The van der Waals surface area contributed by atoms with Gasteiger partial charge in [0.05, 0.1) is 13.0 Å². The molecule has 2 rings (SSSR count). The Morgan fingerprint density at radius 3 is 2.12 bits per heavy atom. The summed E-state index contributed by atoms with van der Waals surface area (Å²) in [6.07, 6.45) is 0.0829. The van der Waals surface area contributed by atoms with E-state index in [2.05, 4.69) is 0 Å². The van der Waals surface area contributed by atoms with E-state index in [9.17, 15) is 18.8 Å². The molecule has 0 saturated carbocycles. The predicted octanol–water partition coefficient (Wildman–Crippen LogP) is 3.56. The maximum Gasteiger partial charge on any atom is 0.317 e. The number of ketones is 2. The Kier molecular flexibility index (Phi) is 6.17. The lowest BCUT2D eigenvalue weighted by Crippen LogP contribution is -2.35. The quantitative estimate of drug-likeness (QED) is 0.438. The second-order valence-corrected chi connectivity index (χ2v) is 5.58. The van der Waals surface area contributed by atoms with Gasteiger partial charge in [0, 0.05) is 12.0 Å². The maximum atomic E-state index is 13.3. The third kappa shape index (κ3) is 4.18. The van der Waals surface area contributed by atoms with E-state index in [1.54, 1.807) is 37.3 Å². The van der Waals surface area contributed by atoms with Crippen molar-refractivity contribution in [1.82, 2.24) is 0 Å². The summed E-state index contributed by atoms with van der Waals surface area (Å²) in [7, 11) is 1.17. The molecular formula is C20H19FO4. The molecule has 0 aliphatic rings. The maximum absolute atomic E-state index is 13.3. The molecule has 0 N–H and O–H groups in total. The van der Waals surface area contributed by atoms with Gasteiger partial charge in [-0.2, -0.15) is 0 Å². The van der Waals surface area contributed by atoms with Crippen LogP contribution in [0.5, 0.6) is 0 Å². The summed E-state index contributed by atoms with van der Waals surface area (Å²) in [5.41, 5.74) is 0.766. The predicted molar refractivity (Wildman–Crippen MR) is 90.7 cm³/mol. The van der Waals surface area contributed by atoms with Crippen LogP contribution in [0.3, 0.4) is 0 Å². The first-order valence-electron chi connectivity index (χ1n) is 7.94. The van der Waals surface area contributed by atoms with Gasteiger partial charge in [-0.05, 0) is 17.7 Å². The van der Waals surface area contributed by atoms with Crippen molar-refractivity contribution in [2.75, 3.05) is 7.11 Å². The summed E-state index contributed by atoms with van der Waals surface area (Å²) >= 11 is 0. The fourth-order valence-electron chi connectivity index (χ4n) is 2.75. The fourth-order valence-corrected chi connectivity index (χ4v) is 2.75. The number of carbonyl (C=O) groups excluding carboxylic acids is 3. The zero-order valence-corrected chi connectivity index (χ0v) is 14.1. The van der Waals surface area contributed by atoms with Crippen molar-refractivity contribution in [3.05, 3.63) is 71.5 Å². The number of esters is 1. The van der Waals surface area contributed by atoms with Crippen LogP contribution in [0.15, 0.2) is 54.6 Å². The fraction of sp³-hybridized carbons (Fsp3) is 0.250. The van der Waals surface area contributed by atoms with E-state index in [1.807, 2.05) is 0 Å². The Hall–Kier alpha value is -2.82. The molecule has 0 bridgehead atoms. The Morgan fingerprint density at radius 1 is 1.00 bits per heavy atom. The van der Waals surface area contributed by atoms with Crippen molar-refractivity contribution in [3.63, 3.8) is 0 Å². The molecule has 2 atom stereocenters. The van der Waals surface area contributed by atoms with Gasteiger partial charge >= 0.3 is 5.97 Å². The largest absolute Gasteiger partial charge is 0.468 e. The zero-order valence-electron chi connectivity index (χ0n) is 14.1. The van der Waals surface area contributed by atoms with Gasteiger partial charge in [-0.25, -0.2) is 4.39 Å². The molecule has 130 valence electrons. The molecule has 2 aromatic rings. The summed E-state index contributed by atoms with van der Waals surface area (Å²) in [5.74, 6) is -4.36. The molecule has 0 amide bonds. The minimum absolute atomic E-state index is 0.0829. The minimum atomic E-state index is -1.27. The number of rotatable bonds is 7. The summed E-state index contributed by atoms with van der Waals surface area (Å²) < 4.78 is 18.0. The van der Waals surface area contributed by atoms with Crippen molar-refractivity contribution in [3.8, 4) is 0 Å². The molecule has 0 aliphatic carbocycles. The molecule has 0 radical (unpaired) electrons. The van der Waals surface area contributed by atoms with Gasteiger partial charge in [0.25, 0.3) is 0 Å². The van der Waals surface area contributed by atoms with E-state index in [0.717, 1.165) is 0 Å². The summed E-state index contributed by atoms with van der Waals surface area (Å²) in [6.45, 7) is 1.62. The van der Waals surface area contributed by atoms with Gasteiger partial charge in [0.2, 0.25) is 0 Å². The molecule has 5 heteroatoms. The Bertz CT molecular complexity index is 737. The standard InChI is InChI=1S/C20H19FO4/c1-3-16(22)18(20(24)25-2)17(13-9-11-15(21)12-10-13)19(23)14-7-5-4-6-8-14/h4-12,17-18H,3H2,1-2H3. The normalized spacial score (nSPS) is 12.9. The Labute approximate surface area is 145 Å². The van der Waals surface area contributed by atoms with Crippen LogP contribution < -0.4 is 0 Å². The summed E-state index contributed by atoms with van der Waals surface area (Å²) in [5, 5.41) is 0. The number of ether oxygens (including phenoxy) is 1. The molecule has 25 heavy (non-hydrogen) atoms. The van der Waals surface area contributed by atoms with Crippen LogP contribution in [-0.2, 0) is 14.3 Å². The highest BCUT2D eigenvalue weighted by atomic mass is 19.1. The highest BCUT2D eigenvalue weighted by molar-refractivity contribution is 6.10. The highest BCUT2D eigenvalue weighted by Crippen LogP contribution is 2.31. The van der Waals surface area contributed by atoms with Crippen molar-refractivity contribution < 1.29 is 23.5 Å². The molecule has 0 saturated heterocycles. The second kappa shape index (κ2) is 8.33. The van der Waals surface area contributed by atoms with Crippen molar-refractivity contribution in [1.29, 1.82) is 0 Å². The molecule has 4 nitrogen and oxygen atoms in total. The second-order valence-electron chi connectivity index (χ2n) is 5.58. The highest BCUT2D eigenvalue weighted by Gasteiger charge is 2.40. The van der Waals surface area contributed by atoms with Crippen molar-refractivity contribution in [2.45, 2.75) is 19.3 Å². The molecule has 0 aromatic heterocycles. The van der Waals surface area contributed by atoms with Crippen LogP contribution in [0.4, 0.5) is 4.39 Å². The summed E-state index contributed by atoms with van der Waals surface area (Å²) in [4.78, 5) is 37.7. The smallest absolute Gasteiger partial charge is 0.317 e. The first-order chi connectivity index (χ1) is 12.0. The van der Waals surface area contributed by atoms with Crippen LogP contribution >= 0.6 is 0 Å². The van der Waals surface area contributed by atoms with Crippen LogP contribution in [-0.4, -0.2) is 24.6 Å². The molecule has 0 heterocycles. The number of methoxy groups -OCH3 is 1. The summed E-state index contributed by atoms with van der Waals surface area (Å²) in [6, 6.07) is 13.6. The van der Waals surface area contributed by atoms with E-state index < -0.39 is 29.4 Å². The molecule has 2 aromatic carbocycles. The number of halogens is 1. The van der Waals surface area contributed by atoms with E-state index in [-0.39, 0.29) is 12.2 Å². The molecule has 0 fully saturated rings. The van der Waals surface area contributed by atoms with Gasteiger partial charge in [-0.15, -0.1) is 0 Å². The number of hydrogen-bond donors (Lipinski definition) is 0. The minimum Gasteiger partial charge on any atom is -0.468 e. The SMILES string of the molecule is CCC(=O)C(C(=O)OC)C(C(=O)c1ccccc1)c1ccc(F)cc1. The Morgan fingerprint density at radius 2 is 1.60 bits per heavy atom. The van der Waals surface area contributed by atoms with E-state index in [1.165, 1.54) is 31.4 Å². The lowest BCUT2D eigenvalue weighted by molar-refractivity contribution is -0.150. The Balaban J connectivity index is 2.57. The third-order valence-electron chi connectivity index (χ3n) is 4.05. The van der Waals surface area contributed by atoms with Gasteiger partial charge in [0.1, 0.15) is 17.5 Å². The van der Waals surface area contributed by atoms with E-state index in [4.69, 9.17) is 4.74 Å². The third-order valence-corrected chi connectivity index (χ3v) is 4.05. The first-order valence-corrected chi connectivity index (χ1v) is 7.94. The van der Waals surface area contributed by atoms with Gasteiger partial charge < -0.3 is 4.74 Å². The topological polar surface area (TPSA) is 60.4 Å². The number of hydrogen-bond acceptors (Lipinski definition) is 4. The molecule has 0 spiro atoms. The molecular weight excluding hydrogens is 323 g/mol. The van der Waals surface area contributed by atoms with Gasteiger partial charge in [0.15, 0.2) is 5.78 Å². The number of benzene rings is 2.